The number of halogens is 3. The number of hydrogen-bond donors (Lipinski definition) is 1. The van der Waals surface area contributed by atoms with Crippen LogP contribution in [-0.2, 0) is 0 Å². The Morgan fingerprint density at radius 3 is 2.60 bits per heavy atom. The van der Waals surface area contributed by atoms with Gasteiger partial charge in [-0.15, -0.1) is 0 Å². The van der Waals surface area contributed by atoms with Crippen molar-refractivity contribution >= 4 is 50.9 Å². The first-order valence-corrected chi connectivity index (χ1v) is 5.32. The number of rotatable bonds is 1. The molecule has 2 aromatic rings. The Morgan fingerprint density at radius 1 is 1.33 bits per heavy atom. The number of carbonyl (C=O) groups is 1. The van der Waals surface area contributed by atoms with Crippen molar-refractivity contribution in [3.8, 4) is 0 Å². The molecule has 0 radical (unpaired) electrons. The number of aryl methyl sites for hydroxylation is 1. The van der Waals surface area contributed by atoms with Crippen LogP contribution in [0.5, 0.6) is 0 Å². The second-order valence-corrected chi connectivity index (χ2v) is 4.31. The van der Waals surface area contributed by atoms with Gasteiger partial charge >= 0.3 is 0 Å². The fourth-order valence-corrected chi connectivity index (χ4v) is 2.22. The SMILES string of the molecule is Cc1c(C(=O)Cl)[nH]c2ccc(Cl)c(Cl)c12. The molecule has 0 saturated carbocycles. The van der Waals surface area contributed by atoms with Crippen molar-refractivity contribution in [1.82, 2.24) is 4.98 Å². The van der Waals surface area contributed by atoms with E-state index in [9.17, 15) is 4.79 Å². The highest BCUT2D eigenvalue weighted by Crippen LogP contribution is 2.34. The number of aromatic nitrogens is 1. The Morgan fingerprint density at radius 2 is 2.00 bits per heavy atom. The molecule has 1 N–H and O–H groups in total. The van der Waals surface area contributed by atoms with Gasteiger partial charge in [-0.05, 0) is 36.2 Å². The molecule has 0 spiro atoms. The molecule has 2 nitrogen and oxygen atoms in total. The number of nitrogens with one attached hydrogen (secondary N) is 1. The van der Waals surface area contributed by atoms with Crippen LogP contribution in [0.2, 0.25) is 10.0 Å². The summed E-state index contributed by atoms with van der Waals surface area (Å²) >= 11 is 17.4. The molecule has 0 unspecified atom stereocenters. The fourth-order valence-electron chi connectivity index (χ4n) is 1.57. The van der Waals surface area contributed by atoms with E-state index in [-0.39, 0.29) is 0 Å². The van der Waals surface area contributed by atoms with Gasteiger partial charge in [0.15, 0.2) is 0 Å². The third-order valence-corrected chi connectivity index (χ3v) is 3.29. The summed E-state index contributed by atoms with van der Waals surface area (Å²) in [4.78, 5) is 14.0. The Kier molecular flexibility index (Phi) is 2.67. The van der Waals surface area contributed by atoms with Crippen LogP contribution < -0.4 is 0 Å². The van der Waals surface area contributed by atoms with Crippen LogP contribution in [0.3, 0.4) is 0 Å². The molecule has 78 valence electrons. The van der Waals surface area contributed by atoms with E-state index in [1.807, 2.05) is 0 Å². The Hall–Kier alpha value is -0.700. The van der Waals surface area contributed by atoms with Crippen molar-refractivity contribution in [3.05, 3.63) is 33.4 Å². The molecule has 0 aliphatic heterocycles. The molecule has 0 fully saturated rings. The van der Waals surface area contributed by atoms with Gasteiger partial charge in [-0.2, -0.15) is 0 Å². The summed E-state index contributed by atoms with van der Waals surface area (Å²) in [7, 11) is 0. The van der Waals surface area contributed by atoms with E-state index in [0.717, 1.165) is 16.5 Å². The van der Waals surface area contributed by atoms with Gasteiger partial charge in [-0.1, -0.05) is 23.2 Å². The van der Waals surface area contributed by atoms with E-state index in [1.54, 1.807) is 19.1 Å². The summed E-state index contributed by atoms with van der Waals surface area (Å²) in [5, 5.41) is 1.11. The summed E-state index contributed by atoms with van der Waals surface area (Å²) in [6.07, 6.45) is 0. The van der Waals surface area contributed by atoms with Crippen LogP contribution >= 0.6 is 34.8 Å². The molecule has 1 aromatic heterocycles. The van der Waals surface area contributed by atoms with Crippen LogP contribution in [0.25, 0.3) is 10.9 Å². The van der Waals surface area contributed by atoms with Gasteiger partial charge in [0, 0.05) is 10.9 Å². The molecule has 0 amide bonds. The van der Waals surface area contributed by atoms with Crippen LogP contribution in [-0.4, -0.2) is 10.2 Å². The summed E-state index contributed by atoms with van der Waals surface area (Å²) < 4.78 is 0. The molecule has 5 heteroatoms. The highest BCUT2D eigenvalue weighted by atomic mass is 35.5. The van der Waals surface area contributed by atoms with E-state index in [0.29, 0.717) is 15.7 Å². The van der Waals surface area contributed by atoms with Gasteiger partial charge < -0.3 is 4.98 Å². The summed E-state index contributed by atoms with van der Waals surface area (Å²) in [6.45, 7) is 1.77. The Balaban J connectivity index is 2.89. The molecule has 0 aliphatic carbocycles. The van der Waals surface area contributed by atoms with Crippen molar-refractivity contribution in [2.75, 3.05) is 0 Å². The Bertz CT molecular complexity index is 559. The fraction of sp³-hybridized carbons (Fsp3) is 0.100. The average Bonchev–Trinajstić information content (AvgIpc) is 2.50. The Labute approximate surface area is 101 Å². The minimum atomic E-state index is -0.532. The topological polar surface area (TPSA) is 32.9 Å². The first-order chi connectivity index (χ1) is 7.02. The van der Waals surface area contributed by atoms with E-state index < -0.39 is 5.24 Å². The van der Waals surface area contributed by atoms with Crippen LogP contribution in [0, 0.1) is 6.92 Å². The average molecular weight is 263 g/mol. The van der Waals surface area contributed by atoms with Crippen molar-refractivity contribution in [3.63, 3.8) is 0 Å². The largest absolute Gasteiger partial charge is 0.351 e. The first kappa shape index (κ1) is 10.8. The van der Waals surface area contributed by atoms with Gasteiger partial charge in [-0.3, -0.25) is 4.79 Å². The molecule has 0 bridgehead atoms. The van der Waals surface area contributed by atoms with Crippen molar-refractivity contribution in [1.29, 1.82) is 0 Å². The molecule has 15 heavy (non-hydrogen) atoms. The highest BCUT2D eigenvalue weighted by molar-refractivity contribution is 6.67. The molecule has 0 saturated heterocycles. The zero-order valence-electron chi connectivity index (χ0n) is 7.70. The van der Waals surface area contributed by atoms with E-state index >= 15 is 0 Å². The number of benzene rings is 1. The van der Waals surface area contributed by atoms with Gasteiger partial charge in [0.1, 0.15) is 5.69 Å². The van der Waals surface area contributed by atoms with Crippen LogP contribution in [0.15, 0.2) is 12.1 Å². The lowest BCUT2D eigenvalue weighted by molar-refractivity contribution is 0.107. The van der Waals surface area contributed by atoms with E-state index in [1.165, 1.54) is 0 Å². The van der Waals surface area contributed by atoms with E-state index in [4.69, 9.17) is 34.8 Å². The number of carbonyl (C=O) groups excluding carboxylic acids is 1. The van der Waals surface area contributed by atoms with E-state index in [2.05, 4.69) is 4.98 Å². The van der Waals surface area contributed by atoms with Gasteiger partial charge in [0.25, 0.3) is 5.24 Å². The lowest BCUT2D eigenvalue weighted by Crippen LogP contribution is -1.90. The molecule has 1 aromatic carbocycles. The highest BCUT2D eigenvalue weighted by Gasteiger charge is 2.16. The minimum absolute atomic E-state index is 0.357. The standard InChI is InChI=1S/C10H6Cl3NO/c1-4-7-6(14-9(4)10(13)15)3-2-5(11)8(7)12/h2-3,14H,1H3. The summed E-state index contributed by atoms with van der Waals surface area (Å²) in [5.41, 5.74) is 1.83. The molecular formula is C10H6Cl3NO. The first-order valence-electron chi connectivity index (χ1n) is 4.18. The number of hydrogen-bond acceptors (Lipinski definition) is 1. The number of aromatic amines is 1. The molecule has 2 rings (SSSR count). The maximum absolute atomic E-state index is 11.1. The normalized spacial score (nSPS) is 10.9. The number of H-pyrrole nitrogens is 1. The maximum Gasteiger partial charge on any atom is 0.268 e. The quantitative estimate of drug-likeness (QED) is 0.769. The second-order valence-electron chi connectivity index (χ2n) is 3.18. The second kappa shape index (κ2) is 3.71. The predicted molar refractivity (Wildman–Crippen MR) is 63.2 cm³/mol. The minimum Gasteiger partial charge on any atom is -0.351 e. The van der Waals surface area contributed by atoms with Gasteiger partial charge in [0.2, 0.25) is 0 Å². The van der Waals surface area contributed by atoms with Crippen molar-refractivity contribution in [2.45, 2.75) is 6.92 Å². The zero-order chi connectivity index (χ0) is 11.2. The van der Waals surface area contributed by atoms with Gasteiger partial charge in [0.05, 0.1) is 10.0 Å². The summed E-state index contributed by atoms with van der Waals surface area (Å²) in [5.74, 6) is 0. The molecule has 1 heterocycles. The lowest BCUT2D eigenvalue weighted by atomic mass is 10.1. The number of fused-ring (bicyclic) bond motifs is 1. The molecule has 0 atom stereocenters. The van der Waals surface area contributed by atoms with Crippen LogP contribution in [0.4, 0.5) is 0 Å². The van der Waals surface area contributed by atoms with Crippen molar-refractivity contribution in [2.24, 2.45) is 0 Å². The predicted octanol–water partition coefficient (Wildman–Crippen LogP) is 4.16. The lowest BCUT2D eigenvalue weighted by Gasteiger charge is -1.98. The summed E-state index contributed by atoms with van der Waals surface area (Å²) in [6, 6.07) is 3.44. The smallest absolute Gasteiger partial charge is 0.268 e. The zero-order valence-corrected chi connectivity index (χ0v) is 9.96. The van der Waals surface area contributed by atoms with Crippen molar-refractivity contribution < 1.29 is 4.79 Å². The van der Waals surface area contributed by atoms with Gasteiger partial charge in [-0.25, -0.2) is 0 Å². The third kappa shape index (κ3) is 1.63. The monoisotopic (exact) mass is 261 g/mol. The molecule has 0 aliphatic rings. The van der Waals surface area contributed by atoms with Crippen LogP contribution in [0.1, 0.15) is 16.1 Å². The third-order valence-electron chi connectivity index (χ3n) is 2.30. The molecular weight excluding hydrogens is 256 g/mol. The maximum atomic E-state index is 11.1.